The van der Waals surface area contributed by atoms with Gasteiger partial charge in [0.25, 0.3) is 0 Å². The molecule has 0 aliphatic heterocycles. The number of hydrogen-bond donors (Lipinski definition) is 1. The molecule has 2 rings (SSSR count). The summed E-state index contributed by atoms with van der Waals surface area (Å²) in [5.74, 6) is 0.562. The lowest BCUT2D eigenvalue weighted by atomic mass is 9.71. The van der Waals surface area contributed by atoms with E-state index in [4.69, 9.17) is 0 Å². The summed E-state index contributed by atoms with van der Waals surface area (Å²) >= 11 is 0. The molecule has 1 fully saturated rings. The molecule has 1 aliphatic rings. The predicted molar refractivity (Wildman–Crippen MR) is 77.3 cm³/mol. The molecule has 0 bridgehead atoms. The van der Waals surface area contributed by atoms with E-state index in [-0.39, 0.29) is 11.5 Å². The molecule has 0 spiro atoms. The number of sulfonamides is 1. The van der Waals surface area contributed by atoms with Crippen molar-refractivity contribution in [3.05, 3.63) is 30.3 Å². The molecule has 1 saturated carbocycles. The minimum atomic E-state index is -3.38. The zero-order chi connectivity index (χ0) is 14.1. The first kappa shape index (κ1) is 14.5. The quantitative estimate of drug-likeness (QED) is 0.925. The summed E-state index contributed by atoms with van der Waals surface area (Å²) in [5, 5.41) is 0. The van der Waals surface area contributed by atoms with Gasteiger partial charge in [0.05, 0.1) is 4.90 Å². The van der Waals surface area contributed by atoms with Crippen molar-refractivity contribution in [2.75, 3.05) is 0 Å². The number of nitrogens with one attached hydrogen (secondary N) is 1. The maximum Gasteiger partial charge on any atom is 0.240 e. The highest BCUT2D eigenvalue weighted by atomic mass is 32.2. The summed E-state index contributed by atoms with van der Waals surface area (Å²) < 4.78 is 27.5. The summed E-state index contributed by atoms with van der Waals surface area (Å²) in [4.78, 5) is 0.353. The molecule has 0 aromatic heterocycles. The molecular weight excluding hydrogens is 258 g/mol. The Labute approximate surface area is 116 Å². The second-order valence-corrected chi connectivity index (χ2v) is 8.26. The van der Waals surface area contributed by atoms with Crippen LogP contribution in [0.2, 0.25) is 0 Å². The molecular formula is C15H23NO2S. The average molecular weight is 281 g/mol. The van der Waals surface area contributed by atoms with Crippen LogP contribution in [0.15, 0.2) is 35.2 Å². The Hall–Kier alpha value is -0.870. The number of rotatable bonds is 3. The van der Waals surface area contributed by atoms with E-state index >= 15 is 0 Å². The fraction of sp³-hybridized carbons (Fsp3) is 0.600. The SMILES string of the molecule is C[C@@H]1C[C@H](NS(=O)(=O)c2ccccc2)CC(C)(C)C1. The van der Waals surface area contributed by atoms with Crippen LogP contribution >= 0.6 is 0 Å². The smallest absolute Gasteiger partial charge is 0.208 e. The average Bonchev–Trinajstić information content (AvgIpc) is 2.26. The van der Waals surface area contributed by atoms with Gasteiger partial charge in [-0.25, -0.2) is 13.1 Å². The van der Waals surface area contributed by atoms with Crippen LogP contribution in [0.5, 0.6) is 0 Å². The van der Waals surface area contributed by atoms with Gasteiger partial charge >= 0.3 is 0 Å². The van der Waals surface area contributed by atoms with Crippen molar-refractivity contribution in [1.82, 2.24) is 4.72 Å². The van der Waals surface area contributed by atoms with Gasteiger partial charge in [-0.1, -0.05) is 39.0 Å². The molecule has 106 valence electrons. The van der Waals surface area contributed by atoms with E-state index < -0.39 is 10.0 Å². The van der Waals surface area contributed by atoms with Gasteiger partial charge in [0.2, 0.25) is 10.0 Å². The van der Waals surface area contributed by atoms with Gasteiger partial charge < -0.3 is 0 Å². The standard InChI is InChI=1S/C15H23NO2S/c1-12-9-13(11-15(2,3)10-12)16-19(17,18)14-7-5-4-6-8-14/h4-8,12-13,16H,9-11H2,1-3H3/t12-,13+/m1/s1. The lowest BCUT2D eigenvalue weighted by Gasteiger charge is -2.39. The molecule has 1 aromatic carbocycles. The van der Waals surface area contributed by atoms with Crippen LogP contribution in [0.1, 0.15) is 40.0 Å². The van der Waals surface area contributed by atoms with Crippen molar-refractivity contribution in [3.63, 3.8) is 0 Å². The fourth-order valence-electron chi connectivity index (χ4n) is 3.32. The zero-order valence-electron chi connectivity index (χ0n) is 11.9. The van der Waals surface area contributed by atoms with Crippen molar-refractivity contribution in [2.24, 2.45) is 11.3 Å². The molecule has 1 N–H and O–H groups in total. The minimum absolute atomic E-state index is 0.0453. The van der Waals surface area contributed by atoms with E-state index in [1.54, 1.807) is 24.3 Å². The molecule has 0 saturated heterocycles. The van der Waals surface area contributed by atoms with Gasteiger partial charge in [-0.3, -0.25) is 0 Å². The summed E-state index contributed by atoms with van der Waals surface area (Å²) in [6.45, 7) is 6.63. The van der Waals surface area contributed by atoms with E-state index in [0.29, 0.717) is 10.8 Å². The number of benzene rings is 1. The van der Waals surface area contributed by atoms with Gasteiger partial charge in [0, 0.05) is 6.04 Å². The van der Waals surface area contributed by atoms with Crippen LogP contribution in [-0.4, -0.2) is 14.5 Å². The predicted octanol–water partition coefficient (Wildman–Crippen LogP) is 3.18. The maximum atomic E-state index is 12.3. The van der Waals surface area contributed by atoms with Crippen LogP contribution in [0.4, 0.5) is 0 Å². The van der Waals surface area contributed by atoms with Gasteiger partial charge in [-0.15, -0.1) is 0 Å². The molecule has 1 aliphatic carbocycles. The first-order valence-corrected chi connectivity index (χ1v) is 8.34. The second kappa shape index (κ2) is 5.25. The van der Waals surface area contributed by atoms with Crippen LogP contribution in [0.25, 0.3) is 0 Å². The molecule has 2 atom stereocenters. The summed E-state index contributed by atoms with van der Waals surface area (Å²) in [6, 6.07) is 8.65. The highest BCUT2D eigenvalue weighted by Crippen LogP contribution is 2.38. The Balaban J connectivity index is 2.13. The van der Waals surface area contributed by atoms with E-state index in [1.807, 2.05) is 6.07 Å². The van der Waals surface area contributed by atoms with Gasteiger partial charge in [-0.05, 0) is 42.7 Å². The zero-order valence-corrected chi connectivity index (χ0v) is 12.7. The van der Waals surface area contributed by atoms with Crippen LogP contribution in [0.3, 0.4) is 0 Å². The highest BCUT2D eigenvalue weighted by Gasteiger charge is 2.34. The molecule has 4 heteroatoms. The third-order valence-corrected chi connectivity index (χ3v) is 5.30. The second-order valence-electron chi connectivity index (χ2n) is 6.54. The van der Waals surface area contributed by atoms with Gasteiger partial charge in [0.15, 0.2) is 0 Å². The molecule has 0 radical (unpaired) electrons. The topological polar surface area (TPSA) is 46.2 Å². The Morgan fingerprint density at radius 2 is 1.79 bits per heavy atom. The van der Waals surface area contributed by atoms with E-state index in [1.165, 1.54) is 0 Å². The molecule has 0 amide bonds. The van der Waals surface area contributed by atoms with Gasteiger partial charge in [0.1, 0.15) is 0 Å². The highest BCUT2D eigenvalue weighted by molar-refractivity contribution is 7.89. The minimum Gasteiger partial charge on any atom is -0.208 e. The molecule has 0 heterocycles. The lowest BCUT2D eigenvalue weighted by Crippen LogP contribution is -2.42. The van der Waals surface area contributed by atoms with E-state index in [9.17, 15) is 8.42 Å². The lowest BCUT2D eigenvalue weighted by molar-refractivity contribution is 0.163. The summed E-state index contributed by atoms with van der Waals surface area (Å²) in [5.41, 5.74) is 0.210. The van der Waals surface area contributed by atoms with Crippen LogP contribution < -0.4 is 4.72 Å². The largest absolute Gasteiger partial charge is 0.240 e. The van der Waals surface area contributed by atoms with Crippen molar-refractivity contribution < 1.29 is 8.42 Å². The van der Waals surface area contributed by atoms with Gasteiger partial charge in [-0.2, -0.15) is 0 Å². The summed E-state index contributed by atoms with van der Waals surface area (Å²) in [6.07, 6.45) is 3.00. The Kier molecular flexibility index (Phi) is 4.02. The van der Waals surface area contributed by atoms with E-state index in [0.717, 1.165) is 19.3 Å². The molecule has 19 heavy (non-hydrogen) atoms. The Morgan fingerprint density at radius 1 is 1.16 bits per heavy atom. The first-order chi connectivity index (χ1) is 8.78. The van der Waals surface area contributed by atoms with E-state index in [2.05, 4.69) is 25.5 Å². The fourth-order valence-corrected chi connectivity index (χ4v) is 4.59. The van der Waals surface area contributed by atoms with Crippen molar-refractivity contribution in [1.29, 1.82) is 0 Å². The Bertz CT molecular complexity index is 522. The molecule has 1 aromatic rings. The van der Waals surface area contributed by atoms with Crippen molar-refractivity contribution in [2.45, 2.75) is 51.0 Å². The molecule has 0 unspecified atom stereocenters. The summed E-state index contributed by atoms with van der Waals surface area (Å²) in [7, 11) is -3.38. The maximum absolute atomic E-state index is 12.3. The molecule has 3 nitrogen and oxygen atoms in total. The first-order valence-electron chi connectivity index (χ1n) is 6.86. The van der Waals surface area contributed by atoms with Crippen molar-refractivity contribution in [3.8, 4) is 0 Å². The third kappa shape index (κ3) is 3.80. The number of hydrogen-bond acceptors (Lipinski definition) is 2. The monoisotopic (exact) mass is 281 g/mol. The Morgan fingerprint density at radius 3 is 2.37 bits per heavy atom. The third-order valence-electron chi connectivity index (χ3n) is 3.76. The van der Waals surface area contributed by atoms with Crippen LogP contribution in [0, 0.1) is 11.3 Å². The van der Waals surface area contributed by atoms with Crippen molar-refractivity contribution >= 4 is 10.0 Å². The van der Waals surface area contributed by atoms with Crippen LogP contribution in [-0.2, 0) is 10.0 Å². The normalized spacial score (nSPS) is 27.1.